The van der Waals surface area contributed by atoms with E-state index in [1.165, 1.54) is 18.3 Å². The van der Waals surface area contributed by atoms with Crippen LogP contribution in [0.3, 0.4) is 0 Å². The van der Waals surface area contributed by atoms with Crippen molar-refractivity contribution in [2.45, 2.75) is 11.4 Å². The van der Waals surface area contributed by atoms with E-state index in [0.29, 0.717) is 9.90 Å². The minimum atomic E-state index is -4.84. The van der Waals surface area contributed by atoms with Gasteiger partial charge in [-0.2, -0.15) is 4.21 Å². The first-order valence-electron chi connectivity index (χ1n) is 10.3. The molecule has 0 aliphatic carbocycles. The van der Waals surface area contributed by atoms with E-state index in [4.69, 9.17) is 23.2 Å². The topological polar surface area (TPSA) is 80.7 Å². The Balaban J connectivity index is 1.81. The number of aromatic nitrogens is 1. The summed E-state index contributed by atoms with van der Waals surface area (Å²) in [5.74, 6) is -0.852. The zero-order valence-electron chi connectivity index (χ0n) is 19.3. The fourth-order valence-corrected chi connectivity index (χ4v) is 6.45. The third-order valence-corrected chi connectivity index (χ3v) is 8.63. The lowest BCUT2D eigenvalue weighted by Crippen LogP contribution is -2.40. The van der Waals surface area contributed by atoms with Crippen molar-refractivity contribution in [1.82, 2.24) is 9.88 Å². The molecule has 3 rings (SSSR count). The fourth-order valence-electron chi connectivity index (χ4n) is 3.25. The van der Waals surface area contributed by atoms with Gasteiger partial charge in [0.15, 0.2) is 0 Å². The number of halogens is 3. The molecule has 0 spiro atoms. The first-order chi connectivity index (χ1) is 15.8. The molecule has 0 saturated heterocycles. The van der Waals surface area contributed by atoms with Crippen molar-refractivity contribution in [1.29, 1.82) is 0 Å². The molecule has 34 heavy (non-hydrogen) atoms. The van der Waals surface area contributed by atoms with Gasteiger partial charge in [-0.05, 0) is 43.9 Å². The molecule has 1 aromatic heterocycles. The van der Waals surface area contributed by atoms with Crippen LogP contribution in [0.1, 0.15) is 5.56 Å². The maximum atomic E-state index is 15.1. The molecule has 0 unspecified atom stereocenters. The smallest absolute Gasteiger partial charge is 0.202 e. The van der Waals surface area contributed by atoms with Crippen LogP contribution in [0.4, 0.5) is 20.9 Å². The van der Waals surface area contributed by atoms with Crippen molar-refractivity contribution >= 4 is 60.6 Å². The summed E-state index contributed by atoms with van der Waals surface area (Å²) >= 11 is 13.2. The molecule has 3 N–H and O–H groups in total. The molecule has 0 saturated carbocycles. The average molecular weight is 549 g/mol. The number of rotatable bonds is 10. The van der Waals surface area contributed by atoms with Crippen molar-refractivity contribution < 1.29 is 13.2 Å². The summed E-state index contributed by atoms with van der Waals surface area (Å²) in [4.78, 5) is 7.71. The molecule has 3 aromatic rings. The van der Waals surface area contributed by atoms with Crippen molar-refractivity contribution in [3.8, 4) is 0 Å². The number of hydrogen-bond donors (Lipinski definition) is 3. The number of benzene rings is 2. The van der Waals surface area contributed by atoms with Gasteiger partial charge in [-0.1, -0.05) is 56.2 Å². The van der Waals surface area contributed by atoms with Crippen molar-refractivity contribution in [2.75, 3.05) is 55.4 Å². The summed E-state index contributed by atoms with van der Waals surface area (Å²) in [6.45, 7) is 1.95. The Morgan fingerprint density at radius 1 is 1.18 bits per heavy atom. The zero-order chi connectivity index (χ0) is 25.1. The van der Waals surface area contributed by atoms with Gasteiger partial charge in [0, 0.05) is 38.0 Å². The lowest BCUT2D eigenvalue weighted by Gasteiger charge is -2.39. The molecule has 2 aromatic carbocycles. The van der Waals surface area contributed by atoms with E-state index >= 15 is 4.39 Å². The number of likely N-dealkylation sites (N-methyl/N-ethyl adjacent to an activating group) is 2. The van der Waals surface area contributed by atoms with Gasteiger partial charge in [0.25, 0.3) is 0 Å². The Kier molecular flexibility index (Phi) is 8.11. The summed E-state index contributed by atoms with van der Waals surface area (Å²) in [6.07, 6.45) is 2.35. The second kappa shape index (κ2) is 10.3. The average Bonchev–Trinajstić information content (AvgIpc) is 3.15. The van der Waals surface area contributed by atoms with Gasteiger partial charge in [0.1, 0.15) is 15.0 Å². The molecule has 0 amide bonds. The minimum Gasteiger partial charge on any atom is -0.379 e. The van der Waals surface area contributed by atoms with Crippen molar-refractivity contribution in [2.24, 2.45) is 0 Å². The Morgan fingerprint density at radius 3 is 2.53 bits per heavy atom. The number of hydrogen-bond acceptors (Lipinski definition) is 6. The summed E-state index contributed by atoms with van der Waals surface area (Å²) in [7, 11) is 1.21. The van der Waals surface area contributed by atoms with Crippen LogP contribution in [0.5, 0.6) is 0 Å². The van der Waals surface area contributed by atoms with E-state index in [0.717, 1.165) is 42.1 Å². The predicted molar refractivity (Wildman–Crippen MR) is 143 cm³/mol. The highest BCUT2D eigenvalue weighted by Gasteiger charge is 2.30. The van der Waals surface area contributed by atoms with Crippen molar-refractivity contribution in [3.63, 3.8) is 0 Å². The van der Waals surface area contributed by atoms with Crippen LogP contribution in [0.2, 0.25) is 9.36 Å². The number of thiazole rings is 1. The number of para-hydroxylation sites is 2. The third kappa shape index (κ3) is 6.59. The van der Waals surface area contributed by atoms with Crippen LogP contribution in [0.25, 0.3) is 0 Å². The molecule has 12 heteroatoms. The first kappa shape index (κ1) is 26.7. The SMILES string of the molecule is CN(C)CCN(C)c1ccccc1NCc1cc(F)c(S(C)(=O)(O)Nc2ncc(Cl)s2)cc1Cl. The third-order valence-electron chi connectivity index (χ3n) is 5.09. The van der Waals surface area contributed by atoms with Crippen LogP contribution in [0.15, 0.2) is 47.5 Å². The predicted octanol–water partition coefficient (Wildman–Crippen LogP) is 5.51. The molecule has 0 aliphatic heterocycles. The second-order valence-electron chi connectivity index (χ2n) is 8.32. The van der Waals surface area contributed by atoms with Crippen LogP contribution < -0.4 is 14.9 Å². The number of nitrogens with one attached hydrogen (secondary N) is 2. The zero-order valence-corrected chi connectivity index (χ0v) is 22.5. The molecular weight excluding hydrogens is 520 g/mol. The maximum Gasteiger partial charge on any atom is 0.202 e. The standard InChI is InChI=1S/C22H28Cl2FN5O2S2/c1-29(2)9-10-30(3)19-8-6-5-7-18(19)26-13-15-11-17(25)20(12-16(15)23)34(4,31,32)28-22-27-14-21(24)33-22/h5-8,11-12,14,26H,9-10,13H2,1-4H3,(H2,27,28,31,32). The highest BCUT2D eigenvalue weighted by molar-refractivity contribution is 8.15. The lowest BCUT2D eigenvalue weighted by atomic mass is 10.2. The molecule has 0 aliphatic rings. The molecule has 186 valence electrons. The molecule has 1 heterocycles. The van der Waals surface area contributed by atoms with Gasteiger partial charge >= 0.3 is 0 Å². The van der Waals surface area contributed by atoms with Crippen LogP contribution in [-0.4, -0.2) is 59.1 Å². The van der Waals surface area contributed by atoms with Gasteiger partial charge in [-0.25, -0.2) is 9.37 Å². The number of nitrogens with zero attached hydrogens (tertiary/aromatic N) is 3. The van der Waals surface area contributed by atoms with E-state index in [-0.39, 0.29) is 16.7 Å². The Hall–Kier alpha value is -1.95. The first-order valence-corrected chi connectivity index (χ1v) is 14.2. The maximum absolute atomic E-state index is 15.1. The highest BCUT2D eigenvalue weighted by atomic mass is 35.5. The number of anilines is 3. The Morgan fingerprint density at radius 2 is 1.88 bits per heavy atom. The van der Waals surface area contributed by atoms with Crippen LogP contribution >= 0.6 is 34.5 Å². The lowest BCUT2D eigenvalue weighted by molar-refractivity contribution is 0.416. The van der Waals surface area contributed by atoms with Gasteiger partial charge in [-0.3, -0.25) is 9.27 Å². The van der Waals surface area contributed by atoms with E-state index < -0.39 is 20.2 Å². The molecule has 0 radical (unpaired) electrons. The second-order valence-corrected chi connectivity index (χ2v) is 13.6. The fraction of sp³-hybridized carbons (Fsp3) is 0.318. The van der Waals surface area contributed by atoms with Crippen molar-refractivity contribution in [3.05, 3.63) is 63.3 Å². The van der Waals surface area contributed by atoms with Crippen LogP contribution in [0, 0.1) is 5.82 Å². The van der Waals surface area contributed by atoms with E-state index in [1.54, 1.807) is 0 Å². The molecule has 0 atom stereocenters. The Bertz CT molecular complexity index is 1230. The molecule has 7 nitrogen and oxygen atoms in total. The summed E-state index contributed by atoms with van der Waals surface area (Å²) in [6, 6.07) is 10.2. The summed E-state index contributed by atoms with van der Waals surface area (Å²) in [5.41, 5.74) is 2.32. The van der Waals surface area contributed by atoms with Gasteiger partial charge in [-0.15, -0.1) is 0 Å². The Labute approximate surface area is 213 Å². The molecule has 0 bridgehead atoms. The van der Waals surface area contributed by atoms with Crippen LogP contribution in [-0.2, 0) is 16.1 Å². The van der Waals surface area contributed by atoms with Gasteiger partial charge in [0.05, 0.1) is 17.6 Å². The highest BCUT2D eigenvalue weighted by Crippen LogP contribution is 2.37. The minimum absolute atomic E-state index is 0.100. The quantitative estimate of drug-likeness (QED) is 0.310. The van der Waals surface area contributed by atoms with E-state index in [2.05, 4.69) is 24.8 Å². The van der Waals surface area contributed by atoms with Gasteiger partial charge in [0.2, 0.25) is 5.13 Å². The van der Waals surface area contributed by atoms with E-state index in [9.17, 15) is 8.76 Å². The summed E-state index contributed by atoms with van der Waals surface area (Å²) < 4.78 is 42.0. The van der Waals surface area contributed by atoms with Gasteiger partial charge < -0.3 is 15.1 Å². The monoisotopic (exact) mass is 547 g/mol. The summed E-state index contributed by atoms with van der Waals surface area (Å²) in [5, 5.41) is 3.56. The normalized spacial score (nSPS) is 12.9. The molecule has 0 fully saturated rings. The van der Waals surface area contributed by atoms with E-state index in [1.807, 2.05) is 45.4 Å². The molecular formula is C22H28Cl2FN5O2S2. The largest absolute Gasteiger partial charge is 0.379 e.